The van der Waals surface area contributed by atoms with E-state index in [0.29, 0.717) is 4.90 Å². The molecule has 96 valence electrons. The first-order chi connectivity index (χ1) is 8.47. The van der Waals surface area contributed by atoms with E-state index in [0.717, 1.165) is 27.3 Å². The number of rotatable bonds is 3. The average molecular weight is 281 g/mol. The number of anilines is 1. The molecular weight excluding hydrogens is 266 g/mol. The first-order valence-corrected chi connectivity index (χ1v) is 8.69. The first kappa shape index (κ1) is 13.2. The summed E-state index contributed by atoms with van der Waals surface area (Å²) >= 11 is 0. The van der Waals surface area contributed by atoms with Gasteiger partial charge in [0.25, 0.3) is 0 Å². The second-order valence-corrected chi connectivity index (χ2v) is 8.14. The van der Waals surface area contributed by atoms with Crippen LogP contribution in [0.2, 0.25) is 0 Å². The van der Waals surface area contributed by atoms with Gasteiger partial charge in [-0.05, 0) is 34.6 Å². The van der Waals surface area contributed by atoms with Crippen molar-refractivity contribution < 1.29 is 8.42 Å². The van der Waals surface area contributed by atoms with Gasteiger partial charge in [-0.25, -0.2) is 8.42 Å². The van der Waals surface area contributed by atoms with Crippen molar-refractivity contribution in [1.29, 1.82) is 0 Å². The molecule has 0 spiro atoms. The quantitative estimate of drug-likeness (QED) is 0.811. The predicted molar refractivity (Wildman–Crippen MR) is 79.0 cm³/mol. The second kappa shape index (κ2) is 4.82. The molecular formula is C13H15NO2S2. The number of hydrogen-bond acceptors (Lipinski definition) is 4. The van der Waals surface area contributed by atoms with Crippen molar-refractivity contribution in [3.8, 4) is 0 Å². The van der Waals surface area contributed by atoms with Gasteiger partial charge < -0.3 is 4.90 Å². The van der Waals surface area contributed by atoms with Crippen LogP contribution in [0.25, 0.3) is 10.8 Å². The number of nitrogens with zero attached hydrogens (tertiary/aromatic N) is 1. The molecule has 0 aliphatic carbocycles. The second-order valence-electron chi connectivity index (χ2n) is 4.15. The van der Waals surface area contributed by atoms with Crippen molar-refractivity contribution in [1.82, 2.24) is 0 Å². The van der Waals surface area contributed by atoms with E-state index in [1.165, 1.54) is 0 Å². The van der Waals surface area contributed by atoms with E-state index in [1.807, 2.05) is 43.3 Å². The summed E-state index contributed by atoms with van der Waals surface area (Å²) in [6.45, 7) is 0. The predicted octanol–water partition coefficient (Wildman–Crippen LogP) is 2.96. The molecule has 2 aromatic rings. The van der Waals surface area contributed by atoms with E-state index in [2.05, 4.69) is 0 Å². The highest BCUT2D eigenvalue weighted by molar-refractivity contribution is 8.71. The van der Waals surface area contributed by atoms with Crippen LogP contribution in [-0.2, 0) is 8.87 Å². The third-order valence-electron chi connectivity index (χ3n) is 2.82. The molecule has 0 amide bonds. The Balaban J connectivity index is 2.91. The SMILES string of the molecule is CSS(=O)(=O)c1cccc2cccc(N(C)C)c12. The summed E-state index contributed by atoms with van der Waals surface area (Å²) in [5.41, 5.74) is 0.917. The molecule has 2 aromatic carbocycles. The zero-order valence-electron chi connectivity index (χ0n) is 10.5. The summed E-state index contributed by atoms with van der Waals surface area (Å²) in [5.74, 6) is 0. The van der Waals surface area contributed by atoms with Gasteiger partial charge in [0.2, 0.25) is 8.87 Å². The summed E-state index contributed by atoms with van der Waals surface area (Å²) in [5, 5.41) is 1.73. The summed E-state index contributed by atoms with van der Waals surface area (Å²) in [7, 11) is 1.41. The molecule has 18 heavy (non-hydrogen) atoms. The molecule has 0 N–H and O–H groups in total. The number of fused-ring (bicyclic) bond motifs is 1. The lowest BCUT2D eigenvalue weighted by Crippen LogP contribution is -2.10. The van der Waals surface area contributed by atoms with Crippen LogP contribution in [-0.4, -0.2) is 28.8 Å². The van der Waals surface area contributed by atoms with Gasteiger partial charge in [-0.3, -0.25) is 0 Å². The van der Waals surface area contributed by atoms with Crippen molar-refractivity contribution >= 4 is 36.1 Å². The Kier molecular flexibility index (Phi) is 3.54. The number of hydrogen-bond donors (Lipinski definition) is 0. The summed E-state index contributed by atoms with van der Waals surface area (Å²) in [6, 6.07) is 11.2. The number of benzene rings is 2. The van der Waals surface area contributed by atoms with Crippen LogP contribution < -0.4 is 4.90 Å². The molecule has 0 saturated heterocycles. The molecule has 0 bridgehead atoms. The fourth-order valence-corrected chi connectivity index (χ4v) is 3.81. The van der Waals surface area contributed by atoms with E-state index in [4.69, 9.17) is 0 Å². The molecule has 5 heteroatoms. The smallest absolute Gasteiger partial charge is 0.230 e. The van der Waals surface area contributed by atoms with Crippen LogP contribution in [0.15, 0.2) is 41.3 Å². The maximum absolute atomic E-state index is 12.1. The first-order valence-electron chi connectivity index (χ1n) is 5.47. The standard InChI is InChI=1S/C13H15NO2S2/c1-14(2)11-8-4-6-10-7-5-9-12(13(10)11)18(15,16)17-3/h4-9H,1-3H3. The van der Waals surface area contributed by atoms with Crippen molar-refractivity contribution in [3.63, 3.8) is 0 Å². The lowest BCUT2D eigenvalue weighted by molar-refractivity contribution is 0.611. The van der Waals surface area contributed by atoms with Crippen LogP contribution in [0.4, 0.5) is 5.69 Å². The van der Waals surface area contributed by atoms with Gasteiger partial charge in [-0.1, -0.05) is 24.3 Å². The third kappa shape index (κ3) is 2.20. The van der Waals surface area contributed by atoms with Gasteiger partial charge in [-0.15, -0.1) is 0 Å². The largest absolute Gasteiger partial charge is 0.377 e. The highest BCUT2D eigenvalue weighted by atomic mass is 33.1. The van der Waals surface area contributed by atoms with Gasteiger partial charge in [-0.2, -0.15) is 0 Å². The normalized spacial score (nSPS) is 11.7. The lowest BCUT2D eigenvalue weighted by atomic mass is 10.1. The fourth-order valence-electron chi connectivity index (χ4n) is 1.96. The molecule has 0 unspecified atom stereocenters. The van der Waals surface area contributed by atoms with Crippen LogP contribution in [0.1, 0.15) is 0 Å². The van der Waals surface area contributed by atoms with Gasteiger partial charge in [0.05, 0.1) is 4.90 Å². The van der Waals surface area contributed by atoms with E-state index in [1.54, 1.807) is 18.4 Å². The zero-order valence-corrected chi connectivity index (χ0v) is 12.2. The minimum Gasteiger partial charge on any atom is -0.377 e. The van der Waals surface area contributed by atoms with Gasteiger partial charge in [0, 0.05) is 25.2 Å². The van der Waals surface area contributed by atoms with Crippen LogP contribution in [0, 0.1) is 0 Å². The molecule has 2 rings (SSSR count). The van der Waals surface area contributed by atoms with Gasteiger partial charge in [0.15, 0.2) is 0 Å². The Morgan fingerprint density at radius 1 is 1.06 bits per heavy atom. The van der Waals surface area contributed by atoms with Crippen molar-refractivity contribution in [2.24, 2.45) is 0 Å². The van der Waals surface area contributed by atoms with Crippen molar-refractivity contribution in [2.45, 2.75) is 4.90 Å². The molecule has 0 aliphatic heterocycles. The Morgan fingerprint density at radius 3 is 2.22 bits per heavy atom. The molecule has 0 saturated carbocycles. The van der Waals surface area contributed by atoms with Crippen LogP contribution >= 0.6 is 10.8 Å². The zero-order chi connectivity index (χ0) is 13.3. The Hall–Kier alpha value is -1.20. The summed E-state index contributed by atoms with van der Waals surface area (Å²) in [6.07, 6.45) is 1.59. The van der Waals surface area contributed by atoms with Gasteiger partial charge >= 0.3 is 0 Å². The highest BCUT2D eigenvalue weighted by Crippen LogP contribution is 2.34. The maximum Gasteiger partial charge on any atom is 0.230 e. The van der Waals surface area contributed by atoms with E-state index >= 15 is 0 Å². The van der Waals surface area contributed by atoms with E-state index in [-0.39, 0.29) is 0 Å². The lowest BCUT2D eigenvalue weighted by Gasteiger charge is -2.17. The molecule has 0 atom stereocenters. The summed E-state index contributed by atoms with van der Waals surface area (Å²) in [4.78, 5) is 2.32. The molecule has 0 aromatic heterocycles. The van der Waals surface area contributed by atoms with E-state index < -0.39 is 8.87 Å². The molecule has 0 fully saturated rings. The minimum atomic E-state index is -3.29. The molecule has 3 nitrogen and oxygen atoms in total. The Bertz CT molecular complexity index is 673. The van der Waals surface area contributed by atoms with Crippen LogP contribution in [0.3, 0.4) is 0 Å². The summed E-state index contributed by atoms with van der Waals surface area (Å²) < 4.78 is 24.3. The van der Waals surface area contributed by atoms with E-state index in [9.17, 15) is 8.42 Å². The Labute approximate surface area is 111 Å². The average Bonchev–Trinajstić information content (AvgIpc) is 2.37. The molecule has 0 aliphatic rings. The van der Waals surface area contributed by atoms with Crippen LogP contribution in [0.5, 0.6) is 0 Å². The third-order valence-corrected chi connectivity index (χ3v) is 5.99. The molecule has 0 radical (unpaired) electrons. The monoisotopic (exact) mass is 281 g/mol. The minimum absolute atomic E-state index is 0.386. The van der Waals surface area contributed by atoms with Gasteiger partial charge in [0.1, 0.15) is 0 Å². The van der Waals surface area contributed by atoms with Crippen molar-refractivity contribution in [3.05, 3.63) is 36.4 Å². The highest BCUT2D eigenvalue weighted by Gasteiger charge is 2.18. The molecule has 0 heterocycles. The van der Waals surface area contributed by atoms with Crippen molar-refractivity contribution in [2.75, 3.05) is 25.3 Å². The maximum atomic E-state index is 12.1. The topological polar surface area (TPSA) is 37.4 Å². The fraction of sp³-hybridized carbons (Fsp3) is 0.231. The Morgan fingerprint density at radius 2 is 1.67 bits per heavy atom.